The lowest BCUT2D eigenvalue weighted by atomic mass is 10.2. The number of ether oxygens (including phenoxy) is 2. The zero-order valence-corrected chi connectivity index (χ0v) is 15.6. The quantitative estimate of drug-likeness (QED) is 0.309. The second-order valence-corrected chi connectivity index (χ2v) is 5.92. The maximum atomic E-state index is 12.0. The number of nitro groups is 1. The second-order valence-electron chi connectivity index (χ2n) is 5.06. The molecule has 10 heteroatoms. The van der Waals surface area contributed by atoms with Crippen molar-refractivity contribution in [1.29, 1.82) is 0 Å². The summed E-state index contributed by atoms with van der Waals surface area (Å²) in [6.45, 7) is -0.220. The normalized spacial score (nSPS) is 10.4. The van der Waals surface area contributed by atoms with Crippen LogP contribution in [0.3, 0.4) is 0 Å². The maximum absolute atomic E-state index is 12.0. The Kier molecular flexibility index (Phi) is 7.00. The third-order valence-corrected chi connectivity index (χ3v) is 3.85. The number of nitrogens with one attached hydrogen (secondary N) is 1. The fourth-order valence-corrected chi connectivity index (χ4v) is 2.41. The third-order valence-electron chi connectivity index (χ3n) is 3.23. The number of benzene rings is 2. The van der Waals surface area contributed by atoms with Gasteiger partial charge in [-0.3, -0.25) is 14.9 Å². The summed E-state index contributed by atoms with van der Waals surface area (Å²) in [4.78, 5) is 33.2. The standard InChI is InChI=1S/C17H14BrN3O6/c1-26-16(22)10-27-15-6-5-11(7-14(15)18)9-19-20-17(23)12-3-2-4-13(8-12)21(24)25/h2-9H,10H2,1H3,(H,20,23)/b19-9+. The zero-order valence-electron chi connectivity index (χ0n) is 14.0. The van der Waals surface area contributed by atoms with Gasteiger partial charge in [0.05, 0.1) is 22.7 Å². The van der Waals surface area contributed by atoms with Crippen molar-refractivity contribution in [2.75, 3.05) is 13.7 Å². The Hall–Kier alpha value is -3.27. The molecule has 0 aliphatic carbocycles. The van der Waals surface area contributed by atoms with Gasteiger partial charge in [-0.05, 0) is 45.8 Å². The molecule has 1 N–H and O–H groups in total. The number of hydrogen-bond donors (Lipinski definition) is 1. The molecule has 0 spiro atoms. The fourth-order valence-electron chi connectivity index (χ4n) is 1.90. The fraction of sp³-hybridized carbons (Fsp3) is 0.118. The summed E-state index contributed by atoms with van der Waals surface area (Å²) in [6.07, 6.45) is 1.39. The second kappa shape index (κ2) is 9.43. The topological polar surface area (TPSA) is 120 Å². The number of halogens is 1. The van der Waals surface area contributed by atoms with Crippen LogP contribution in [-0.4, -0.2) is 36.7 Å². The van der Waals surface area contributed by atoms with Gasteiger partial charge in [-0.25, -0.2) is 10.2 Å². The lowest BCUT2D eigenvalue weighted by Crippen LogP contribution is -2.17. The van der Waals surface area contributed by atoms with Crippen molar-refractivity contribution in [1.82, 2.24) is 5.43 Å². The van der Waals surface area contributed by atoms with Gasteiger partial charge >= 0.3 is 5.97 Å². The largest absolute Gasteiger partial charge is 0.481 e. The molecule has 9 nitrogen and oxygen atoms in total. The van der Waals surface area contributed by atoms with Gasteiger partial charge in [0.15, 0.2) is 6.61 Å². The van der Waals surface area contributed by atoms with Crippen molar-refractivity contribution in [3.05, 3.63) is 68.2 Å². The van der Waals surface area contributed by atoms with E-state index in [1.54, 1.807) is 18.2 Å². The number of hydrazone groups is 1. The number of carbonyl (C=O) groups excluding carboxylic acids is 2. The predicted molar refractivity (Wildman–Crippen MR) is 99.8 cm³/mol. The summed E-state index contributed by atoms with van der Waals surface area (Å²) in [6, 6.07) is 10.3. The van der Waals surface area contributed by atoms with E-state index in [1.165, 1.54) is 31.5 Å². The van der Waals surface area contributed by atoms with Crippen LogP contribution in [-0.2, 0) is 9.53 Å². The first kappa shape index (κ1) is 20.0. The Bertz CT molecular complexity index is 900. The molecule has 0 aromatic heterocycles. The van der Waals surface area contributed by atoms with Gasteiger partial charge in [0.25, 0.3) is 11.6 Å². The molecular weight excluding hydrogens is 422 g/mol. The summed E-state index contributed by atoms with van der Waals surface area (Å²) >= 11 is 3.31. The molecule has 0 aliphatic heterocycles. The molecule has 2 rings (SSSR count). The van der Waals surface area contributed by atoms with E-state index < -0.39 is 16.8 Å². The van der Waals surface area contributed by atoms with Gasteiger partial charge in [0.1, 0.15) is 5.75 Å². The Morgan fingerprint density at radius 2 is 2.07 bits per heavy atom. The number of non-ortho nitro benzene ring substituents is 1. The predicted octanol–water partition coefficient (Wildman–Crippen LogP) is 2.67. The van der Waals surface area contributed by atoms with E-state index in [2.05, 4.69) is 31.2 Å². The van der Waals surface area contributed by atoms with Crippen LogP contribution < -0.4 is 10.2 Å². The molecule has 0 radical (unpaired) electrons. The first-order chi connectivity index (χ1) is 12.9. The minimum absolute atomic E-state index is 0.120. The van der Waals surface area contributed by atoms with E-state index in [9.17, 15) is 19.7 Å². The van der Waals surface area contributed by atoms with Crippen molar-refractivity contribution in [2.24, 2.45) is 5.10 Å². The molecule has 0 saturated carbocycles. The summed E-state index contributed by atoms with van der Waals surface area (Å²) in [5.41, 5.74) is 2.88. The Morgan fingerprint density at radius 1 is 1.30 bits per heavy atom. The Balaban J connectivity index is 1.98. The molecule has 1 amide bonds. The first-order valence-electron chi connectivity index (χ1n) is 7.47. The Morgan fingerprint density at radius 3 is 2.74 bits per heavy atom. The molecule has 0 aliphatic rings. The first-order valence-corrected chi connectivity index (χ1v) is 8.27. The number of rotatable bonds is 7. The van der Waals surface area contributed by atoms with Gasteiger partial charge in [-0.15, -0.1) is 0 Å². The van der Waals surface area contributed by atoms with E-state index >= 15 is 0 Å². The van der Waals surface area contributed by atoms with E-state index in [-0.39, 0.29) is 17.9 Å². The van der Waals surface area contributed by atoms with Crippen LogP contribution in [0.1, 0.15) is 15.9 Å². The summed E-state index contributed by atoms with van der Waals surface area (Å²) in [5, 5.41) is 14.6. The summed E-state index contributed by atoms with van der Waals surface area (Å²) in [5.74, 6) is -0.637. The van der Waals surface area contributed by atoms with Crippen molar-refractivity contribution in [3.63, 3.8) is 0 Å². The molecule has 2 aromatic carbocycles. The highest BCUT2D eigenvalue weighted by molar-refractivity contribution is 9.10. The average molecular weight is 436 g/mol. The number of hydrogen-bond acceptors (Lipinski definition) is 7. The summed E-state index contributed by atoms with van der Waals surface area (Å²) in [7, 11) is 1.27. The number of carbonyl (C=O) groups is 2. The molecule has 0 saturated heterocycles. The van der Waals surface area contributed by atoms with Gasteiger partial charge in [-0.2, -0.15) is 5.10 Å². The maximum Gasteiger partial charge on any atom is 0.343 e. The zero-order chi connectivity index (χ0) is 19.8. The monoisotopic (exact) mass is 435 g/mol. The molecular formula is C17H14BrN3O6. The van der Waals surface area contributed by atoms with Gasteiger partial charge < -0.3 is 9.47 Å². The van der Waals surface area contributed by atoms with Gasteiger partial charge in [0, 0.05) is 17.7 Å². The van der Waals surface area contributed by atoms with Gasteiger partial charge in [-0.1, -0.05) is 6.07 Å². The highest BCUT2D eigenvalue weighted by atomic mass is 79.9. The van der Waals surface area contributed by atoms with Crippen LogP contribution in [0.5, 0.6) is 5.75 Å². The van der Waals surface area contributed by atoms with E-state index in [0.717, 1.165) is 6.07 Å². The minimum atomic E-state index is -0.582. The molecule has 140 valence electrons. The van der Waals surface area contributed by atoms with Crippen molar-refractivity contribution >= 4 is 39.7 Å². The highest BCUT2D eigenvalue weighted by Gasteiger charge is 2.11. The van der Waals surface area contributed by atoms with E-state index in [1.807, 2.05) is 0 Å². The number of methoxy groups -OCH3 is 1. The third kappa shape index (κ3) is 5.89. The van der Waals surface area contributed by atoms with Gasteiger partial charge in [0.2, 0.25) is 0 Å². The Labute approximate surface area is 162 Å². The lowest BCUT2D eigenvalue weighted by Gasteiger charge is -2.07. The van der Waals surface area contributed by atoms with Crippen LogP contribution in [0.2, 0.25) is 0 Å². The molecule has 27 heavy (non-hydrogen) atoms. The SMILES string of the molecule is COC(=O)COc1ccc(/C=N/NC(=O)c2cccc([N+](=O)[O-])c2)cc1Br. The minimum Gasteiger partial charge on any atom is -0.481 e. The number of amides is 1. The highest BCUT2D eigenvalue weighted by Crippen LogP contribution is 2.25. The molecule has 0 unspecified atom stereocenters. The van der Waals surface area contributed by atoms with E-state index in [0.29, 0.717) is 15.8 Å². The van der Waals surface area contributed by atoms with Crippen LogP contribution >= 0.6 is 15.9 Å². The van der Waals surface area contributed by atoms with E-state index in [4.69, 9.17) is 4.74 Å². The van der Waals surface area contributed by atoms with Crippen LogP contribution in [0, 0.1) is 10.1 Å². The van der Waals surface area contributed by atoms with Crippen molar-refractivity contribution in [2.45, 2.75) is 0 Å². The molecule has 0 bridgehead atoms. The number of nitrogens with zero attached hydrogens (tertiary/aromatic N) is 2. The smallest absolute Gasteiger partial charge is 0.343 e. The van der Waals surface area contributed by atoms with Crippen LogP contribution in [0.25, 0.3) is 0 Å². The van der Waals surface area contributed by atoms with Crippen LogP contribution in [0.4, 0.5) is 5.69 Å². The van der Waals surface area contributed by atoms with Crippen LogP contribution in [0.15, 0.2) is 52.0 Å². The number of esters is 1. The summed E-state index contributed by atoms with van der Waals surface area (Å²) < 4.78 is 10.4. The molecule has 0 fully saturated rings. The molecule has 0 heterocycles. The molecule has 0 atom stereocenters. The van der Waals surface area contributed by atoms with Crippen molar-refractivity contribution < 1.29 is 24.0 Å². The lowest BCUT2D eigenvalue weighted by molar-refractivity contribution is -0.384. The average Bonchev–Trinajstić information content (AvgIpc) is 2.67. The van der Waals surface area contributed by atoms with Crippen molar-refractivity contribution in [3.8, 4) is 5.75 Å². The number of nitro benzene ring substituents is 1. The molecule has 2 aromatic rings.